The highest BCUT2D eigenvalue weighted by Crippen LogP contribution is 2.24. The van der Waals surface area contributed by atoms with Gasteiger partial charge in [0.2, 0.25) is 0 Å². The third kappa shape index (κ3) is 3.22. The van der Waals surface area contributed by atoms with Crippen LogP contribution in [0.1, 0.15) is 36.6 Å². The molecule has 5 heteroatoms. The second-order valence-electron chi connectivity index (χ2n) is 4.47. The summed E-state index contributed by atoms with van der Waals surface area (Å²) in [4.78, 5) is 15.8. The lowest BCUT2D eigenvalue weighted by molar-refractivity contribution is -0.140. The van der Waals surface area contributed by atoms with E-state index in [0.717, 1.165) is 36.9 Å². The van der Waals surface area contributed by atoms with E-state index >= 15 is 0 Å². The van der Waals surface area contributed by atoms with Crippen LogP contribution in [0.3, 0.4) is 0 Å². The normalized spacial score (nSPS) is 13.3. The van der Waals surface area contributed by atoms with Gasteiger partial charge in [-0.2, -0.15) is 5.26 Å². The Labute approximate surface area is 112 Å². The van der Waals surface area contributed by atoms with Gasteiger partial charge in [0.15, 0.2) is 0 Å². The minimum atomic E-state index is -0.342. The first kappa shape index (κ1) is 13.3. The fraction of sp³-hybridized carbons (Fsp3) is 0.500. The molecular formula is C14H17N3O2. The first-order valence-corrected chi connectivity index (χ1v) is 6.57. The molecule has 0 aliphatic heterocycles. The fourth-order valence-corrected chi connectivity index (χ4v) is 2.22. The van der Waals surface area contributed by atoms with Crippen LogP contribution >= 0.6 is 0 Å². The Morgan fingerprint density at radius 3 is 3.05 bits per heavy atom. The average molecular weight is 259 g/mol. The quantitative estimate of drug-likeness (QED) is 0.834. The summed E-state index contributed by atoms with van der Waals surface area (Å²) in [5, 5.41) is 12.0. The summed E-state index contributed by atoms with van der Waals surface area (Å²) in [6, 6.07) is 4.01. The number of hydrogen-bond acceptors (Lipinski definition) is 5. The van der Waals surface area contributed by atoms with E-state index in [2.05, 4.69) is 16.4 Å². The van der Waals surface area contributed by atoms with Crippen molar-refractivity contribution in [3.63, 3.8) is 0 Å². The van der Waals surface area contributed by atoms with Gasteiger partial charge in [0.1, 0.15) is 18.4 Å². The van der Waals surface area contributed by atoms with Crippen LogP contribution in [0.2, 0.25) is 0 Å². The van der Waals surface area contributed by atoms with Gasteiger partial charge in [-0.1, -0.05) is 0 Å². The zero-order valence-electron chi connectivity index (χ0n) is 11.0. The maximum absolute atomic E-state index is 11.3. The number of nitrogens with one attached hydrogen (secondary N) is 1. The van der Waals surface area contributed by atoms with E-state index in [-0.39, 0.29) is 12.5 Å². The second-order valence-corrected chi connectivity index (χ2v) is 4.47. The Bertz CT molecular complexity index is 520. The van der Waals surface area contributed by atoms with Crippen molar-refractivity contribution < 1.29 is 9.53 Å². The number of aromatic nitrogens is 1. The molecule has 1 heterocycles. The predicted octanol–water partition coefficient (Wildman–Crippen LogP) is 1.81. The molecule has 0 bridgehead atoms. The van der Waals surface area contributed by atoms with Gasteiger partial charge in [0, 0.05) is 5.69 Å². The first-order chi connectivity index (χ1) is 9.24. The highest BCUT2D eigenvalue weighted by Gasteiger charge is 2.15. The largest absolute Gasteiger partial charge is 0.465 e. The van der Waals surface area contributed by atoms with E-state index in [4.69, 9.17) is 10.00 Å². The maximum atomic E-state index is 11.3. The van der Waals surface area contributed by atoms with Crippen molar-refractivity contribution in [1.82, 2.24) is 4.98 Å². The SMILES string of the molecule is CCOC(=O)CNc1nc2c(cc1C#N)CCCC2. The van der Waals surface area contributed by atoms with Crippen molar-refractivity contribution in [3.8, 4) is 6.07 Å². The highest BCUT2D eigenvalue weighted by molar-refractivity contribution is 5.75. The number of hydrogen-bond donors (Lipinski definition) is 1. The van der Waals surface area contributed by atoms with Crippen molar-refractivity contribution in [3.05, 3.63) is 22.9 Å². The number of pyridine rings is 1. The number of fused-ring (bicyclic) bond motifs is 1. The number of carbonyl (C=O) groups is 1. The molecule has 0 unspecified atom stereocenters. The molecule has 0 spiro atoms. The molecule has 0 saturated heterocycles. The Hall–Kier alpha value is -2.09. The standard InChI is InChI=1S/C14H17N3O2/c1-2-19-13(18)9-16-14-11(8-15)7-10-5-3-4-6-12(10)17-14/h7H,2-6,9H2,1H3,(H,16,17). The molecule has 0 radical (unpaired) electrons. The number of nitriles is 1. The van der Waals surface area contributed by atoms with Crippen LogP contribution in [0, 0.1) is 11.3 Å². The summed E-state index contributed by atoms with van der Waals surface area (Å²) in [6.45, 7) is 2.15. The lowest BCUT2D eigenvalue weighted by Crippen LogP contribution is -2.19. The van der Waals surface area contributed by atoms with E-state index in [1.165, 1.54) is 0 Å². The molecular weight excluding hydrogens is 242 g/mol. The van der Waals surface area contributed by atoms with Crippen molar-refractivity contribution >= 4 is 11.8 Å². The number of aryl methyl sites for hydroxylation is 2. The summed E-state index contributed by atoms with van der Waals surface area (Å²) >= 11 is 0. The number of carbonyl (C=O) groups excluding carboxylic acids is 1. The van der Waals surface area contributed by atoms with Crippen molar-refractivity contribution in [1.29, 1.82) is 5.26 Å². The third-order valence-corrected chi connectivity index (χ3v) is 3.13. The molecule has 1 N–H and O–H groups in total. The molecule has 0 saturated carbocycles. The topological polar surface area (TPSA) is 75.0 Å². The van der Waals surface area contributed by atoms with Crippen LogP contribution in [0.5, 0.6) is 0 Å². The van der Waals surface area contributed by atoms with Crippen LogP contribution in [0.25, 0.3) is 0 Å². The molecule has 1 aromatic heterocycles. The second kappa shape index (κ2) is 6.19. The first-order valence-electron chi connectivity index (χ1n) is 6.57. The number of ether oxygens (including phenoxy) is 1. The Kier molecular flexibility index (Phi) is 4.35. The molecule has 0 fully saturated rings. The van der Waals surface area contributed by atoms with Gasteiger partial charge >= 0.3 is 5.97 Å². The van der Waals surface area contributed by atoms with Crippen molar-refractivity contribution in [2.24, 2.45) is 0 Å². The Morgan fingerprint density at radius 2 is 2.32 bits per heavy atom. The van der Waals surface area contributed by atoms with Gasteiger partial charge in [-0.05, 0) is 44.2 Å². The van der Waals surface area contributed by atoms with Gasteiger partial charge in [-0.25, -0.2) is 4.98 Å². The van der Waals surface area contributed by atoms with E-state index in [0.29, 0.717) is 18.0 Å². The van der Waals surface area contributed by atoms with Gasteiger partial charge in [-0.15, -0.1) is 0 Å². The number of anilines is 1. The molecule has 1 aliphatic carbocycles. The molecule has 0 atom stereocenters. The van der Waals surface area contributed by atoms with E-state index in [1.54, 1.807) is 6.92 Å². The van der Waals surface area contributed by atoms with Crippen LogP contribution < -0.4 is 5.32 Å². The van der Waals surface area contributed by atoms with Crippen molar-refractivity contribution in [2.75, 3.05) is 18.5 Å². The lowest BCUT2D eigenvalue weighted by Gasteiger charge is -2.17. The van der Waals surface area contributed by atoms with E-state index < -0.39 is 0 Å². The Balaban J connectivity index is 2.15. The summed E-state index contributed by atoms with van der Waals surface area (Å²) in [6.07, 6.45) is 4.20. The number of nitrogens with zero attached hydrogens (tertiary/aromatic N) is 2. The summed E-state index contributed by atoms with van der Waals surface area (Å²) in [5.41, 5.74) is 2.69. The number of rotatable bonds is 4. The van der Waals surface area contributed by atoms with Crippen molar-refractivity contribution in [2.45, 2.75) is 32.6 Å². The molecule has 1 aromatic rings. The summed E-state index contributed by atoms with van der Waals surface area (Å²) < 4.78 is 4.84. The van der Waals surface area contributed by atoms with Crippen LogP contribution in [0.15, 0.2) is 6.07 Å². The Morgan fingerprint density at radius 1 is 1.53 bits per heavy atom. The predicted molar refractivity (Wildman–Crippen MR) is 70.7 cm³/mol. The van der Waals surface area contributed by atoms with E-state index in [9.17, 15) is 4.79 Å². The fourth-order valence-electron chi connectivity index (χ4n) is 2.22. The minimum Gasteiger partial charge on any atom is -0.465 e. The maximum Gasteiger partial charge on any atom is 0.325 e. The molecule has 100 valence electrons. The molecule has 2 rings (SSSR count). The lowest BCUT2D eigenvalue weighted by atomic mass is 9.95. The van der Waals surface area contributed by atoms with Crippen LogP contribution in [-0.2, 0) is 22.4 Å². The van der Waals surface area contributed by atoms with Gasteiger partial charge < -0.3 is 10.1 Å². The summed E-state index contributed by atoms with van der Waals surface area (Å²) in [5.74, 6) is 0.141. The number of esters is 1. The average Bonchev–Trinajstić information content (AvgIpc) is 2.44. The zero-order chi connectivity index (χ0) is 13.7. The van der Waals surface area contributed by atoms with E-state index in [1.807, 2.05) is 6.07 Å². The van der Waals surface area contributed by atoms with Gasteiger partial charge in [0.05, 0.1) is 12.2 Å². The van der Waals surface area contributed by atoms with Crippen LogP contribution in [0.4, 0.5) is 5.82 Å². The molecule has 19 heavy (non-hydrogen) atoms. The smallest absolute Gasteiger partial charge is 0.325 e. The molecule has 1 aliphatic rings. The molecule has 0 aromatic carbocycles. The van der Waals surface area contributed by atoms with Gasteiger partial charge in [-0.3, -0.25) is 4.79 Å². The third-order valence-electron chi connectivity index (χ3n) is 3.13. The summed E-state index contributed by atoms with van der Waals surface area (Å²) in [7, 11) is 0. The minimum absolute atomic E-state index is 0.0360. The highest BCUT2D eigenvalue weighted by atomic mass is 16.5. The molecule has 0 amide bonds. The van der Waals surface area contributed by atoms with Crippen LogP contribution in [-0.4, -0.2) is 24.1 Å². The zero-order valence-corrected chi connectivity index (χ0v) is 11.0. The molecule has 5 nitrogen and oxygen atoms in total. The monoisotopic (exact) mass is 259 g/mol. The van der Waals surface area contributed by atoms with Gasteiger partial charge in [0.25, 0.3) is 0 Å².